The van der Waals surface area contributed by atoms with E-state index in [2.05, 4.69) is 70.7 Å². The van der Waals surface area contributed by atoms with E-state index >= 15 is 0 Å². The highest BCUT2D eigenvalue weighted by Crippen LogP contribution is 2.09. The lowest BCUT2D eigenvalue weighted by Crippen LogP contribution is -1.96. The van der Waals surface area contributed by atoms with Crippen LogP contribution in [0.25, 0.3) is 0 Å². The van der Waals surface area contributed by atoms with Crippen molar-refractivity contribution >= 4 is 24.8 Å². The minimum atomic E-state index is 0.851. The molecule has 0 fully saturated rings. The summed E-state index contributed by atoms with van der Waals surface area (Å²) in [6.45, 7) is 11.7. The van der Waals surface area contributed by atoms with Crippen molar-refractivity contribution in [2.45, 2.75) is 72.9 Å². The average Bonchev–Trinajstić information content (AvgIpc) is 2.46. The normalized spacial score (nSPS) is 12.4. The first-order valence-corrected chi connectivity index (χ1v) is 9.86. The molecular weight excluding hydrogens is 285 g/mol. The lowest BCUT2D eigenvalue weighted by Gasteiger charge is -2.02. The van der Waals surface area contributed by atoms with E-state index < -0.39 is 0 Å². The molecular formula is C19H35BNS. The Hall–Kier alpha value is -0.435. The molecule has 22 heavy (non-hydrogen) atoms. The van der Waals surface area contributed by atoms with Gasteiger partial charge in [-0.15, -0.1) is 0 Å². The molecule has 0 aliphatic rings. The van der Waals surface area contributed by atoms with Gasteiger partial charge in [-0.1, -0.05) is 42.9 Å². The van der Waals surface area contributed by atoms with Crippen molar-refractivity contribution in [1.82, 2.24) is 0 Å². The van der Waals surface area contributed by atoms with Gasteiger partial charge in [-0.25, -0.2) is 0 Å². The van der Waals surface area contributed by atoms with Crippen LogP contribution in [0.3, 0.4) is 0 Å². The molecule has 0 unspecified atom stereocenters. The topological polar surface area (TPSA) is 12.4 Å². The fourth-order valence-corrected chi connectivity index (χ4v) is 3.05. The second kappa shape index (κ2) is 15.5. The van der Waals surface area contributed by atoms with Gasteiger partial charge in [-0.05, 0) is 64.9 Å². The van der Waals surface area contributed by atoms with E-state index in [-0.39, 0.29) is 0 Å². The third-order valence-electron chi connectivity index (χ3n) is 3.53. The summed E-state index contributed by atoms with van der Waals surface area (Å²) >= 11 is 2.07. The van der Waals surface area contributed by atoms with Gasteiger partial charge in [0.25, 0.3) is 0 Å². The molecule has 0 bridgehead atoms. The summed E-state index contributed by atoms with van der Waals surface area (Å²) < 4.78 is 0. The van der Waals surface area contributed by atoms with Gasteiger partial charge >= 0.3 is 0 Å². The predicted molar refractivity (Wildman–Crippen MR) is 108 cm³/mol. The summed E-state index contributed by atoms with van der Waals surface area (Å²) in [4.78, 5) is 4.66. The first kappa shape index (κ1) is 21.6. The quantitative estimate of drug-likeness (QED) is 0.170. The number of thioether (sulfide) groups is 1. The Bertz CT molecular complexity index is 354. The largest absolute Gasteiger partial charge is 0.290 e. The molecule has 0 saturated heterocycles. The summed E-state index contributed by atoms with van der Waals surface area (Å²) in [5.74, 6) is 2.51. The third-order valence-corrected chi connectivity index (χ3v) is 4.60. The van der Waals surface area contributed by atoms with Gasteiger partial charge in [0, 0.05) is 5.71 Å². The molecule has 0 aromatic heterocycles. The van der Waals surface area contributed by atoms with E-state index in [1.807, 2.05) is 0 Å². The minimum Gasteiger partial charge on any atom is -0.290 e. The molecule has 3 heteroatoms. The first-order valence-electron chi connectivity index (χ1n) is 8.70. The second-order valence-corrected chi connectivity index (χ2v) is 7.44. The molecule has 0 aliphatic heterocycles. The van der Waals surface area contributed by atoms with Gasteiger partial charge < -0.3 is 0 Å². The molecule has 125 valence electrons. The standard InChI is InChI=1S/C19H35BNS/c1-17(2)9-8-10-18(3)11-14-21-19(4)12-16-22-15-7-6-13-20-5/h9,11H,6-8,10,12-16H2,1-5H3. The average molecular weight is 320 g/mol. The zero-order chi connectivity index (χ0) is 16.6. The first-order chi connectivity index (χ1) is 10.6. The van der Waals surface area contributed by atoms with E-state index in [1.54, 1.807) is 0 Å². The van der Waals surface area contributed by atoms with Gasteiger partial charge in [-0.2, -0.15) is 11.8 Å². The van der Waals surface area contributed by atoms with Crippen LogP contribution in [0.1, 0.15) is 59.8 Å². The van der Waals surface area contributed by atoms with Crippen LogP contribution in [0.2, 0.25) is 13.1 Å². The van der Waals surface area contributed by atoms with E-state index in [9.17, 15) is 0 Å². The Kier molecular flexibility index (Phi) is 15.2. The van der Waals surface area contributed by atoms with Crippen molar-refractivity contribution in [2.75, 3.05) is 18.1 Å². The third kappa shape index (κ3) is 15.9. The number of nitrogens with zero attached hydrogens (tertiary/aromatic N) is 1. The molecule has 0 aromatic rings. The van der Waals surface area contributed by atoms with E-state index in [0.717, 1.165) is 25.8 Å². The van der Waals surface area contributed by atoms with Crippen LogP contribution in [0.4, 0.5) is 0 Å². The molecule has 0 atom stereocenters. The maximum Gasteiger partial charge on any atom is 0.105 e. The van der Waals surface area contributed by atoms with Gasteiger partial charge in [0.1, 0.15) is 7.28 Å². The molecule has 0 aromatic carbocycles. The van der Waals surface area contributed by atoms with Crippen LogP contribution in [0, 0.1) is 0 Å². The van der Waals surface area contributed by atoms with Crippen LogP contribution < -0.4 is 0 Å². The summed E-state index contributed by atoms with van der Waals surface area (Å²) in [6.07, 6.45) is 12.0. The number of allylic oxidation sites excluding steroid dienone is 3. The fraction of sp³-hybridized carbons (Fsp3) is 0.737. The van der Waals surface area contributed by atoms with E-state index in [0.29, 0.717) is 0 Å². The Morgan fingerprint density at radius 2 is 1.77 bits per heavy atom. The highest BCUT2D eigenvalue weighted by Gasteiger charge is 1.94. The molecule has 0 N–H and O–H groups in total. The molecule has 0 saturated carbocycles. The maximum atomic E-state index is 4.66. The monoisotopic (exact) mass is 320 g/mol. The smallest absolute Gasteiger partial charge is 0.105 e. The molecule has 1 nitrogen and oxygen atoms in total. The summed E-state index contributed by atoms with van der Waals surface area (Å²) in [5, 5.41) is 0. The van der Waals surface area contributed by atoms with Crippen molar-refractivity contribution < 1.29 is 0 Å². The second-order valence-electron chi connectivity index (χ2n) is 6.21. The Morgan fingerprint density at radius 1 is 1.00 bits per heavy atom. The minimum absolute atomic E-state index is 0.851. The maximum absolute atomic E-state index is 4.66. The van der Waals surface area contributed by atoms with Crippen molar-refractivity contribution in [1.29, 1.82) is 0 Å². The number of hydrogen-bond donors (Lipinski definition) is 0. The zero-order valence-corrected chi connectivity index (χ0v) is 16.3. The van der Waals surface area contributed by atoms with Crippen molar-refractivity contribution in [3.8, 4) is 0 Å². The lowest BCUT2D eigenvalue weighted by molar-refractivity contribution is 0.890. The van der Waals surface area contributed by atoms with Gasteiger partial charge in [0.15, 0.2) is 0 Å². The molecule has 0 spiro atoms. The number of unbranched alkanes of at least 4 members (excludes halogenated alkanes) is 1. The lowest BCUT2D eigenvalue weighted by atomic mass is 9.76. The number of rotatable bonds is 13. The molecule has 1 radical (unpaired) electrons. The van der Waals surface area contributed by atoms with Crippen molar-refractivity contribution in [3.05, 3.63) is 23.3 Å². The van der Waals surface area contributed by atoms with Crippen LogP contribution in [-0.4, -0.2) is 31.0 Å². The summed E-state index contributed by atoms with van der Waals surface area (Å²) in [5.41, 5.74) is 4.16. The van der Waals surface area contributed by atoms with E-state index in [1.165, 1.54) is 47.5 Å². The molecule has 0 aliphatic carbocycles. The van der Waals surface area contributed by atoms with Crippen LogP contribution in [0.15, 0.2) is 28.3 Å². The van der Waals surface area contributed by atoms with Gasteiger partial charge in [0.05, 0.1) is 6.54 Å². The zero-order valence-electron chi connectivity index (χ0n) is 15.5. The highest BCUT2D eigenvalue weighted by molar-refractivity contribution is 7.99. The summed E-state index contributed by atoms with van der Waals surface area (Å²) in [6, 6.07) is 0. The SMILES string of the molecule is C[B]CCCCSCCC(C)=NCC=C(C)CCC=C(C)C. The summed E-state index contributed by atoms with van der Waals surface area (Å²) in [7, 11) is 2.26. The van der Waals surface area contributed by atoms with E-state index in [4.69, 9.17) is 0 Å². The van der Waals surface area contributed by atoms with Gasteiger partial charge in [-0.3, -0.25) is 4.99 Å². The van der Waals surface area contributed by atoms with Crippen LogP contribution in [-0.2, 0) is 0 Å². The Labute approximate surface area is 144 Å². The molecule has 0 rings (SSSR count). The van der Waals surface area contributed by atoms with Crippen LogP contribution >= 0.6 is 11.8 Å². The van der Waals surface area contributed by atoms with Crippen molar-refractivity contribution in [3.63, 3.8) is 0 Å². The fourth-order valence-electron chi connectivity index (χ4n) is 2.00. The predicted octanol–water partition coefficient (Wildman–Crippen LogP) is 6.21. The number of aliphatic imine (C=N–C) groups is 1. The molecule has 0 heterocycles. The molecule has 0 amide bonds. The highest BCUT2D eigenvalue weighted by atomic mass is 32.2. The Balaban J connectivity index is 3.68. The van der Waals surface area contributed by atoms with Crippen LogP contribution in [0.5, 0.6) is 0 Å². The Morgan fingerprint density at radius 3 is 2.45 bits per heavy atom. The van der Waals surface area contributed by atoms with Crippen molar-refractivity contribution in [2.24, 2.45) is 4.99 Å². The van der Waals surface area contributed by atoms with Gasteiger partial charge in [0.2, 0.25) is 0 Å². The number of hydrogen-bond acceptors (Lipinski definition) is 2.